The smallest absolute Gasteiger partial charge is 0.279 e. The Morgan fingerprint density at radius 2 is 1.88 bits per heavy atom. The maximum Gasteiger partial charge on any atom is 0.279 e. The lowest BCUT2D eigenvalue weighted by molar-refractivity contribution is -0.862. The molecule has 0 saturated heterocycles. The van der Waals surface area contributed by atoms with Crippen molar-refractivity contribution in [1.82, 2.24) is 0 Å². The summed E-state index contributed by atoms with van der Waals surface area (Å²) in [6, 6.07) is 6.81. The highest BCUT2D eigenvalue weighted by Crippen LogP contribution is 2.12. The number of benzene rings is 1. The van der Waals surface area contributed by atoms with Crippen LogP contribution in [-0.4, -0.2) is 32.0 Å². The van der Waals surface area contributed by atoms with Crippen molar-refractivity contribution in [3.8, 4) is 0 Å². The SMILES string of the molecule is C[NH+](CC(N)=O)CC(=O)Nc1ccc(Cl)cc1. The predicted octanol–water partition coefficient (Wildman–Crippen LogP) is -0.721. The van der Waals surface area contributed by atoms with Gasteiger partial charge in [-0.05, 0) is 24.3 Å². The van der Waals surface area contributed by atoms with E-state index >= 15 is 0 Å². The molecule has 2 amide bonds. The van der Waals surface area contributed by atoms with Crippen LogP contribution in [0.25, 0.3) is 0 Å². The molecular formula is C11H15ClN3O2+. The summed E-state index contributed by atoms with van der Waals surface area (Å²) < 4.78 is 0. The first-order valence-corrected chi connectivity index (χ1v) is 5.50. The quantitative estimate of drug-likeness (QED) is 0.650. The number of carbonyl (C=O) groups excluding carboxylic acids is 2. The summed E-state index contributed by atoms with van der Waals surface area (Å²) in [7, 11) is 1.73. The molecule has 17 heavy (non-hydrogen) atoms. The first-order chi connectivity index (χ1) is 7.97. The molecule has 1 rings (SSSR count). The van der Waals surface area contributed by atoms with Crippen LogP contribution in [0.4, 0.5) is 5.69 Å². The van der Waals surface area contributed by atoms with Crippen LogP contribution in [0.1, 0.15) is 0 Å². The van der Waals surface area contributed by atoms with E-state index in [1.165, 1.54) is 0 Å². The summed E-state index contributed by atoms with van der Waals surface area (Å²) in [5.41, 5.74) is 5.70. The molecule has 0 aromatic heterocycles. The number of anilines is 1. The third-order valence-corrected chi connectivity index (χ3v) is 2.32. The third kappa shape index (κ3) is 5.33. The number of hydrogen-bond donors (Lipinski definition) is 3. The third-order valence-electron chi connectivity index (χ3n) is 2.07. The topological polar surface area (TPSA) is 76.6 Å². The Bertz CT molecular complexity index is 406. The molecule has 1 aromatic rings. The standard InChI is InChI=1S/C11H14ClN3O2/c1-15(6-10(13)16)7-11(17)14-9-4-2-8(12)3-5-9/h2-5H,6-7H2,1H3,(H2,13,16)(H,14,17)/p+1. The first kappa shape index (κ1) is 13.5. The zero-order valence-corrected chi connectivity index (χ0v) is 10.3. The van der Waals surface area contributed by atoms with Gasteiger partial charge in [-0.15, -0.1) is 0 Å². The molecule has 0 bridgehead atoms. The molecular weight excluding hydrogens is 242 g/mol. The lowest BCUT2D eigenvalue weighted by Crippen LogP contribution is -3.11. The van der Waals surface area contributed by atoms with Crippen molar-refractivity contribution in [2.24, 2.45) is 5.73 Å². The van der Waals surface area contributed by atoms with Crippen molar-refractivity contribution in [2.45, 2.75) is 0 Å². The van der Waals surface area contributed by atoms with Crippen LogP contribution < -0.4 is 16.0 Å². The molecule has 1 atom stereocenters. The van der Waals surface area contributed by atoms with Gasteiger partial charge in [-0.25, -0.2) is 0 Å². The van der Waals surface area contributed by atoms with Crippen LogP contribution in [-0.2, 0) is 9.59 Å². The van der Waals surface area contributed by atoms with E-state index in [4.69, 9.17) is 17.3 Å². The van der Waals surface area contributed by atoms with E-state index in [2.05, 4.69) is 5.32 Å². The average Bonchev–Trinajstić information content (AvgIpc) is 2.19. The van der Waals surface area contributed by atoms with Crippen molar-refractivity contribution in [3.05, 3.63) is 29.3 Å². The van der Waals surface area contributed by atoms with Crippen molar-refractivity contribution in [2.75, 3.05) is 25.5 Å². The maximum absolute atomic E-state index is 11.6. The van der Waals surface area contributed by atoms with E-state index in [9.17, 15) is 9.59 Å². The van der Waals surface area contributed by atoms with Gasteiger partial charge in [0.1, 0.15) is 0 Å². The fourth-order valence-electron chi connectivity index (χ4n) is 1.37. The molecule has 0 radical (unpaired) electrons. The Balaban J connectivity index is 2.44. The molecule has 4 N–H and O–H groups in total. The second-order valence-electron chi connectivity index (χ2n) is 3.83. The summed E-state index contributed by atoms with van der Waals surface area (Å²) in [5.74, 6) is -0.604. The number of halogens is 1. The highest BCUT2D eigenvalue weighted by molar-refractivity contribution is 6.30. The lowest BCUT2D eigenvalue weighted by Gasteiger charge is -2.11. The van der Waals surface area contributed by atoms with Gasteiger partial charge in [0, 0.05) is 10.7 Å². The van der Waals surface area contributed by atoms with Gasteiger partial charge in [-0.2, -0.15) is 0 Å². The zero-order valence-electron chi connectivity index (χ0n) is 9.50. The summed E-state index contributed by atoms with van der Waals surface area (Å²) in [6.45, 7) is 0.319. The van der Waals surface area contributed by atoms with E-state index in [1.807, 2.05) is 0 Å². The fourth-order valence-corrected chi connectivity index (χ4v) is 1.50. The number of rotatable bonds is 5. The van der Waals surface area contributed by atoms with Gasteiger partial charge < -0.3 is 16.0 Å². The second-order valence-corrected chi connectivity index (χ2v) is 4.27. The molecule has 6 heteroatoms. The number of nitrogens with one attached hydrogen (secondary N) is 2. The van der Waals surface area contributed by atoms with Gasteiger partial charge in [0.25, 0.3) is 11.8 Å². The molecule has 0 saturated carbocycles. The largest absolute Gasteiger partial charge is 0.365 e. The van der Waals surface area contributed by atoms with E-state index in [1.54, 1.807) is 31.3 Å². The highest BCUT2D eigenvalue weighted by Gasteiger charge is 2.11. The number of nitrogens with two attached hydrogens (primary N) is 1. The molecule has 0 fully saturated rings. The van der Waals surface area contributed by atoms with Crippen LogP contribution in [0.3, 0.4) is 0 Å². The molecule has 0 aliphatic carbocycles. The van der Waals surface area contributed by atoms with Gasteiger partial charge >= 0.3 is 0 Å². The number of likely N-dealkylation sites (N-methyl/N-ethyl adjacent to an activating group) is 1. The average molecular weight is 257 g/mol. The number of hydrogen-bond acceptors (Lipinski definition) is 2. The van der Waals surface area contributed by atoms with Crippen LogP contribution >= 0.6 is 11.6 Å². The number of amides is 2. The molecule has 5 nitrogen and oxygen atoms in total. The Kier molecular flexibility index (Phi) is 4.93. The number of carbonyl (C=O) groups is 2. The Hall–Kier alpha value is -1.59. The normalized spacial score (nSPS) is 11.9. The summed E-state index contributed by atoms with van der Waals surface area (Å²) in [5, 5.41) is 3.31. The van der Waals surface area contributed by atoms with Crippen molar-refractivity contribution >= 4 is 29.1 Å². The van der Waals surface area contributed by atoms with E-state index < -0.39 is 5.91 Å². The van der Waals surface area contributed by atoms with E-state index in [0.717, 1.165) is 4.90 Å². The van der Waals surface area contributed by atoms with Crippen LogP contribution in [0.15, 0.2) is 24.3 Å². The molecule has 0 aliphatic heterocycles. The first-order valence-electron chi connectivity index (χ1n) is 5.12. The number of quaternary nitrogens is 1. The van der Waals surface area contributed by atoms with Gasteiger partial charge in [0.15, 0.2) is 13.1 Å². The molecule has 0 spiro atoms. The van der Waals surface area contributed by atoms with Gasteiger partial charge in [0.2, 0.25) is 0 Å². The van der Waals surface area contributed by atoms with E-state index in [0.29, 0.717) is 10.7 Å². The zero-order chi connectivity index (χ0) is 12.8. The van der Waals surface area contributed by atoms with Crippen molar-refractivity contribution in [1.29, 1.82) is 0 Å². The molecule has 0 aliphatic rings. The van der Waals surface area contributed by atoms with Gasteiger partial charge in [-0.3, -0.25) is 9.59 Å². The molecule has 1 aromatic carbocycles. The van der Waals surface area contributed by atoms with Crippen molar-refractivity contribution in [3.63, 3.8) is 0 Å². The Morgan fingerprint density at radius 1 is 1.29 bits per heavy atom. The van der Waals surface area contributed by atoms with Crippen molar-refractivity contribution < 1.29 is 14.5 Å². The summed E-state index contributed by atoms with van der Waals surface area (Å²) >= 11 is 5.72. The Morgan fingerprint density at radius 3 is 2.41 bits per heavy atom. The fraction of sp³-hybridized carbons (Fsp3) is 0.273. The minimum Gasteiger partial charge on any atom is -0.365 e. The highest BCUT2D eigenvalue weighted by atomic mass is 35.5. The predicted molar refractivity (Wildman–Crippen MR) is 65.9 cm³/mol. The van der Waals surface area contributed by atoms with Crippen LogP contribution in [0.5, 0.6) is 0 Å². The molecule has 1 unspecified atom stereocenters. The van der Waals surface area contributed by atoms with Crippen LogP contribution in [0.2, 0.25) is 5.02 Å². The van der Waals surface area contributed by atoms with Crippen LogP contribution in [0, 0.1) is 0 Å². The molecule has 0 heterocycles. The number of primary amides is 1. The van der Waals surface area contributed by atoms with Gasteiger partial charge in [0.05, 0.1) is 7.05 Å². The summed E-state index contributed by atoms with van der Waals surface area (Å²) in [4.78, 5) is 23.0. The maximum atomic E-state index is 11.6. The minimum absolute atomic E-state index is 0.133. The summed E-state index contributed by atoms with van der Waals surface area (Å²) in [6.07, 6.45) is 0. The second kappa shape index (κ2) is 6.22. The monoisotopic (exact) mass is 256 g/mol. The Labute approximate surface area is 105 Å². The van der Waals surface area contributed by atoms with E-state index in [-0.39, 0.29) is 19.0 Å². The molecule has 92 valence electrons. The lowest BCUT2D eigenvalue weighted by atomic mass is 10.3. The van der Waals surface area contributed by atoms with Gasteiger partial charge in [-0.1, -0.05) is 11.6 Å². The minimum atomic E-state index is -0.429.